The molecular formula is C19H24N2O4. The molecule has 0 atom stereocenters. The molecule has 1 aromatic rings. The Morgan fingerprint density at radius 1 is 1.32 bits per heavy atom. The van der Waals surface area contributed by atoms with Crippen LogP contribution >= 0.6 is 0 Å². The lowest BCUT2D eigenvalue weighted by Gasteiger charge is -2.16. The molecule has 1 heterocycles. The Bertz CT molecular complexity index is 682. The number of aromatic hydroxyl groups is 1. The molecule has 134 valence electrons. The van der Waals surface area contributed by atoms with Gasteiger partial charge in [-0.25, -0.2) is 0 Å². The average molecular weight is 344 g/mol. The van der Waals surface area contributed by atoms with Crippen LogP contribution in [0.3, 0.4) is 0 Å². The van der Waals surface area contributed by atoms with Crippen molar-refractivity contribution in [3.8, 4) is 17.2 Å². The molecule has 6 heteroatoms. The van der Waals surface area contributed by atoms with E-state index >= 15 is 0 Å². The molecule has 25 heavy (non-hydrogen) atoms. The highest BCUT2D eigenvalue weighted by atomic mass is 16.5. The van der Waals surface area contributed by atoms with E-state index in [1.165, 1.54) is 14.2 Å². The summed E-state index contributed by atoms with van der Waals surface area (Å²) in [5.41, 5.74) is 1.97. The zero-order valence-electron chi connectivity index (χ0n) is 14.8. The summed E-state index contributed by atoms with van der Waals surface area (Å²) in [6, 6.07) is 3.49. The number of carbonyl (C=O) groups excluding carboxylic acids is 1. The molecule has 2 N–H and O–H groups in total. The third kappa shape index (κ3) is 5.04. The lowest BCUT2D eigenvalue weighted by molar-refractivity contribution is -0.124. The molecule has 0 spiro atoms. The zero-order valence-corrected chi connectivity index (χ0v) is 14.8. The molecule has 2 rings (SSSR count). The predicted molar refractivity (Wildman–Crippen MR) is 96.9 cm³/mol. The number of hydrogen-bond donors (Lipinski definition) is 2. The van der Waals surface area contributed by atoms with Crippen molar-refractivity contribution in [1.82, 2.24) is 10.2 Å². The van der Waals surface area contributed by atoms with Crippen LogP contribution in [0, 0.1) is 0 Å². The minimum Gasteiger partial charge on any atom is -0.502 e. The van der Waals surface area contributed by atoms with Gasteiger partial charge in [-0.1, -0.05) is 12.2 Å². The molecule has 0 fully saturated rings. The van der Waals surface area contributed by atoms with Gasteiger partial charge in [0.05, 0.1) is 14.2 Å². The summed E-state index contributed by atoms with van der Waals surface area (Å²) in [6.45, 7) is 1.26. The van der Waals surface area contributed by atoms with Gasteiger partial charge in [-0.15, -0.1) is 0 Å². The molecule has 1 aromatic carbocycles. The highest BCUT2D eigenvalue weighted by Gasteiger charge is 2.12. The largest absolute Gasteiger partial charge is 0.502 e. The Labute approximate surface area is 148 Å². The second-order valence-electron chi connectivity index (χ2n) is 5.67. The van der Waals surface area contributed by atoms with Gasteiger partial charge in [-0.05, 0) is 42.0 Å². The van der Waals surface area contributed by atoms with E-state index in [4.69, 9.17) is 9.47 Å². The lowest BCUT2D eigenvalue weighted by Crippen LogP contribution is -2.27. The van der Waals surface area contributed by atoms with Crippen LogP contribution in [0.1, 0.15) is 5.56 Å². The Morgan fingerprint density at radius 2 is 2.00 bits per heavy atom. The molecule has 0 aromatic heterocycles. The highest BCUT2D eigenvalue weighted by molar-refractivity contribution is 5.87. The van der Waals surface area contributed by atoms with Crippen LogP contribution in [-0.2, 0) is 11.2 Å². The molecule has 6 nitrogen and oxygen atoms in total. The van der Waals surface area contributed by atoms with Gasteiger partial charge in [0.25, 0.3) is 0 Å². The van der Waals surface area contributed by atoms with E-state index in [-0.39, 0.29) is 11.7 Å². The predicted octanol–water partition coefficient (Wildman–Crippen LogP) is 2.01. The first-order valence-electron chi connectivity index (χ1n) is 8.01. The molecule has 1 aliphatic heterocycles. The number of hydrogen-bond acceptors (Lipinski definition) is 5. The van der Waals surface area contributed by atoms with E-state index in [0.717, 1.165) is 17.7 Å². The number of dihydropyridines is 1. The van der Waals surface area contributed by atoms with Gasteiger partial charge in [0.1, 0.15) is 0 Å². The van der Waals surface area contributed by atoms with Gasteiger partial charge in [-0.3, -0.25) is 4.79 Å². The molecule has 0 unspecified atom stereocenters. The average Bonchev–Trinajstić information content (AvgIpc) is 2.65. The summed E-state index contributed by atoms with van der Waals surface area (Å²) in [7, 11) is 4.74. The highest BCUT2D eigenvalue weighted by Crippen LogP contribution is 2.37. The third-order valence-corrected chi connectivity index (χ3v) is 3.92. The number of rotatable bonds is 7. The number of carbonyl (C=O) groups is 1. The Hall–Kier alpha value is -2.89. The first-order valence-corrected chi connectivity index (χ1v) is 8.01. The maximum Gasteiger partial charge on any atom is 0.246 e. The third-order valence-electron chi connectivity index (χ3n) is 3.92. The summed E-state index contributed by atoms with van der Waals surface area (Å²) in [4.78, 5) is 13.8. The Morgan fingerprint density at radius 3 is 2.56 bits per heavy atom. The van der Waals surface area contributed by atoms with Gasteiger partial charge < -0.3 is 24.8 Å². The molecule has 0 aliphatic carbocycles. The number of nitrogens with zero attached hydrogens (tertiary/aromatic N) is 1. The van der Waals surface area contributed by atoms with Crippen molar-refractivity contribution in [2.45, 2.75) is 6.42 Å². The molecule has 0 saturated heterocycles. The van der Waals surface area contributed by atoms with Crippen LogP contribution in [0.4, 0.5) is 0 Å². The fraction of sp³-hybridized carbons (Fsp3) is 0.316. The van der Waals surface area contributed by atoms with Crippen LogP contribution in [0.15, 0.2) is 48.2 Å². The molecule has 1 aliphatic rings. The number of allylic oxidation sites excluding steroid dienone is 2. The van der Waals surface area contributed by atoms with Crippen LogP contribution in [0.2, 0.25) is 0 Å². The molecule has 0 saturated carbocycles. The normalized spacial score (nSPS) is 13.3. The van der Waals surface area contributed by atoms with Gasteiger partial charge in [0.15, 0.2) is 11.5 Å². The number of phenolic OH excluding ortho intramolecular Hbond substituents is 1. The smallest absolute Gasteiger partial charge is 0.246 e. The summed E-state index contributed by atoms with van der Waals surface area (Å²) >= 11 is 0. The van der Waals surface area contributed by atoms with Crippen molar-refractivity contribution in [2.24, 2.45) is 0 Å². The topological polar surface area (TPSA) is 71.0 Å². The maximum atomic E-state index is 12.2. The number of ether oxygens (including phenoxy) is 2. The van der Waals surface area contributed by atoms with Crippen molar-refractivity contribution >= 4 is 5.91 Å². The molecule has 1 amide bonds. The quantitative estimate of drug-likeness (QED) is 0.741. The summed E-state index contributed by atoms with van der Waals surface area (Å²) in [5.74, 6) is 0.624. The fourth-order valence-corrected chi connectivity index (χ4v) is 2.39. The fourth-order valence-electron chi connectivity index (χ4n) is 2.39. The number of phenols is 1. The van der Waals surface area contributed by atoms with Crippen molar-refractivity contribution in [3.05, 3.63) is 53.8 Å². The van der Waals surface area contributed by atoms with E-state index in [1.807, 2.05) is 24.4 Å². The van der Waals surface area contributed by atoms with E-state index in [9.17, 15) is 9.90 Å². The number of nitrogens with one attached hydrogen (secondary N) is 1. The lowest BCUT2D eigenvalue weighted by atomic mass is 10.1. The van der Waals surface area contributed by atoms with Crippen molar-refractivity contribution in [2.75, 3.05) is 34.4 Å². The van der Waals surface area contributed by atoms with Crippen LogP contribution in [0.25, 0.3) is 0 Å². The number of methoxy groups -OCH3 is 2. The summed E-state index contributed by atoms with van der Waals surface area (Å²) < 4.78 is 10.3. The number of benzene rings is 1. The van der Waals surface area contributed by atoms with E-state index in [2.05, 4.69) is 5.32 Å². The zero-order chi connectivity index (χ0) is 18.2. The van der Waals surface area contributed by atoms with Crippen molar-refractivity contribution in [1.29, 1.82) is 0 Å². The first-order chi connectivity index (χ1) is 12.0. The van der Waals surface area contributed by atoms with Crippen LogP contribution in [-0.4, -0.2) is 50.3 Å². The molecular weight excluding hydrogens is 320 g/mol. The second-order valence-corrected chi connectivity index (χ2v) is 5.67. The SMILES string of the molecule is COc1cc(CCN(C)C(=O)/C=C/C2=CC=CNC2)cc(OC)c1O. The Balaban J connectivity index is 1.96. The standard InChI is InChI=1S/C19H24N2O4/c1-21(18(22)7-6-14-5-4-9-20-13-14)10-8-15-11-16(24-2)19(23)17(12-15)25-3/h4-7,9,11-12,20,23H,8,10,13H2,1-3H3/b7-6+. The second kappa shape index (κ2) is 8.82. The molecule has 0 radical (unpaired) electrons. The molecule has 0 bridgehead atoms. The summed E-state index contributed by atoms with van der Waals surface area (Å²) in [6.07, 6.45) is 9.76. The van der Waals surface area contributed by atoms with Gasteiger partial charge >= 0.3 is 0 Å². The van der Waals surface area contributed by atoms with Crippen molar-refractivity contribution in [3.63, 3.8) is 0 Å². The minimum absolute atomic E-state index is 0.0236. The van der Waals surface area contributed by atoms with Gasteiger partial charge in [0.2, 0.25) is 11.7 Å². The number of likely N-dealkylation sites (N-methyl/N-ethyl adjacent to an activating group) is 1. The number of amides is 1. The van der Waals surface area contributed by atoms with Crippen LogP contribution < -0.4 is 14.8 Å². The van der Waals surface area contributed by atoms with Gasteiger partial charge in [0, 0.05) is 26.2 Å². The Kier molecular flexibility index (Phi) is 6.51. The van der Waals surface area contributed by atoms with Crippen LogP contribution in [0.5, 0.6) is 17.2 Å². The summed E-state index contributed by atoms with van der Waals surface area (Å²) in [5, 5.41) is 13.0. The van der Waals surface area contributed by atoms with E-state index in [1.54, 1.807) is 30.2 Å². The minimum atomic E-state index is -0.0619. The van der Waals surface area contributed by atoms with Crippen molar-refractivity contribution < 1.29 is 19.4 Å². The van der Waals surface area contributed by atoms with E-state index in [0.29, 0.717) is 24.5 Å². The first kappa shape index (κ1) is 18.4. The maximum absolute atomic E-state index is 12.2. The van der Waals surface area contributed by atoms with E-state index < -0.39 is 0 Å². The van der Waals surface area contributed by atoms with Gasteiger partial charge in [-0.2, -0.15) is 0 Å². The monoisotopic (exact) mass is 344 g/mol.